The van der Waals surface area contributed by atoms with Gasteiger partial charge in [-0.1, -0.05) is 13.8 Å². The predicted molar refractivity (Wildman–Crippen MR) is 58.0 cm³/mol. The van der Waals surface area contributed by atoms with Crippen molar-refractivity contribution in [3.05, 3.63) is 0 Å². The molecule has 0 atom stereocenters. The molecular formula is C8H18ClNO3S. The second-order valence-electron chi connectivity index (χ2n) is 3.97. The SMILES string of the molecule is CC(C)(CCO)CNS(=O)(=O)CCCl. The molecule has 0 heterocycles. The lowest BCUT2D eigenvalue weighted by Gasteiger charge is -2.23. The average Bonchev–Trinajstić information content (AvgIpc) is 2.01. The van der Waals surface area contributed by atoms with Crippen molar-refractivity contribution in [3.8, 4) is 0 Å². The number of hydrogen-bond acceptors (Lipinski definition) is 3. The predicted octanol–water partition coefficient (Wildman–Crippen LogP) is 0.553. The molecule has 2 N–H and O–H groups in total. The van der Waals surface area contributed by atoms with Crippen LogP contribution in [0.25, 0.3) is 0 Å². The van der Waals surface area contributed by atoms with E-state index in [4.69, 9.17) is 16.7 Å². The Morgan fingerprint density at radius 1 is 1.43 bits per heavy atom. The summed E-state index contributed by atoms with van der Waals surface area (Å²) in [6, 6.07) is 0. The Kier molecular flexibility index (Phi) is 5.97. The van der Waals surface area contributed by atoms with E-state index in [1.807, 2.05) is 13.8 Å². The molecule has 0 bridgehead atoms. The minimum atomic E-state index is -3.25. The van der Waals surface area contributed by atoms with Gasteiger partial charge in [0.1, 0.15) is 0 Å². The maximum Gasteiger partial charge on any atom is 0.212 e. The normalized spacial score (nSPS) is 13.1. The van der Waals surface area contributed by atoms with Gasteiger partial charge in [0.05, 0.1) is 5.75 Å². The highest BCUT2D eigenvalue weighted by molar-refractivity contribution is 7.89. The molecule has 0 aliphatic carbocycles. The molecule has 4 nitrogen and oxygen atoms in total. The zero-order valence-electron chi connectivity index (χ0n) is 8.59. The van der Waals surface area contributed by atoms with Gasteiger partial charge in [-0.05, 0) is 11.8 Å². The third-order valence-corrected chi connectivity index (χ3v) is 3.64. The van der Waals surface area contributed by atoms with Crippen LogP contribution in [0, 0.1) is 5.41 Å². The van der Waals surface area contributed by atoms with Crippen LogP contribution in [-0.2, 0) is 10.0 Å². The molecule has 0 spiro atoms. The molecule has 0 aromatic heterocycles. The standard InChI is InChI=1S/C8H18ClNO3S/c1-8(2,3-5-11)7-10-14(12,13)6-4-9/h10-11H,3-7H2,1-2H3. The van der Waals surface area contributed by atoms with Gasteiger partial charge >= 0.3 is 0 Å². The molecule has 14 heavy (non-hydrogen) atoms. The van der Waals surface area contributed by atoms with Crippen LogP contribution in [0.2, 0.25) is 0 Å². The minimum absolute atomic E-state index is 0.0598. The first kappa shape index (κ1) is 14.2. The number of hydrogen-bond donors (Lipinski definition) is 2. The Hall–Kier alpha value is 0.160. The van der Waals surface area contributed by atoms with Crippen LogP contribution in [0.5, 0.6) is 0 Å². The lowest BCUT2D eigenvalue weighted by molar-refractivity contribution is 0.213. The summed E-state index contributed by atoms with van der Waals surface area (Å²) < 4.78 is 24.9. The fourth-order valence-corrected chi connectivity index (χ4v) is 2.44. The molecule has 0 aliphatic rings. The largest absolute Gasteiger partial charge is 0.396 e. The Balaban J connectivity index is 4.04. The first-order valence-corrected chi connectivity index (χ1v) is 6.66. The molecule has 0 aromatic rings. The van der Waals surface area contributed by atoms with Crippen LogP contribution in [0.3, 0.4) is 0 Å². The molecule has 0 saturated heterocycles. The zero-order chi connectivity index (χ0) is 11.2. The summed E-state index contributed by atoms with van der Waals surface area (Å²) in [7, 11) is -3.25. The molecule has 0 aliphatic heterocycles. The van der Waals surface area contributed by atoms with E-state index >= 15 is 0 Å². The second kappa shape index (κ2) is 5.90. The lowest BCUT2D eigenvalue weighted by atomic mass is 9.90. The molecular weight excluding hydrogens is 226 g/mol. The van der Waals surface area contributed by atoms with E-state index < -0.39 is 10.0 Å². The molecule has 0 aromatic carbocycles. The first-order valence-electron chi connectivity index (χ1n) is 4.47. The Morgan fingerprint density at radius 2 is 2.00 bits per heavy atom. The van der Waals surface area contributed by atoms with Gasteiger partial charge in [0.2, 0.25) is 10.0 Å². The monoisotopic (exact) mass is 243 g/mol. The molecule has 0 amide bonds. The molecule has 0 rings (SSSR count). The topological polar surface area (TPSA) is 66.4 Å². The van der Waals surface area contributed by atoms with E-state index in [1.165, 1.54) is 0 Å². The number of sulfonamides is 1. The van der Waals surface area contributed by atoms with Crippen LogP contribution in [-0.4, -0.2) is 38.3 Å². The van der Waals surface area contributed by atoms with Crippen molar-refractivity contribution >= 4 is 21.6 Å². The highest BCUT2D eigenvalue weighted by atomic mass is 35.5. The average molecular weight is 244 g/mol. The lowest BCUT2D eigenvalue weighted by Crippen LogP contribution is -2.36. The van der Waals surface area contributed by atoms with E-state index in [0.29, 0.717) is 13.0 Å². The van der Waals surface area contributed by atoms with E-state index in [2.05, 4.69) is 4.72 Å². The summed E-state index contributed by atoms with van der Waals surface area (Å²) in [4.78, 5) is 0. The molecule has 0 fully saturated rings. The van der Waals surface area contributed by atoms with Gasteiger partial charge in [-0.15, -0.1) is 11.6 Å². The van der Waals surface area contributed by atoms with Gasteiger partial charge in [0.25, 0.3) is 0 Å². The van der Waals surface area contributed by atoms with Gasteiger partial charge < -0.3 is 5.11 Å². The van der Waals surface area contributed by atoms with Gasteiger partial charge in [-0.3, -0.25) is 0 Å². The van der Waals surface area contributed by atoms with Gasteiger partial charge in [0, 0.05) is 19.0 Å². The summed E-state index contributed by atoms with van der Waals surface area (Å²) in [5.74, 6) is 0.0273. The molecule has 86 valence electrons. The maximum absolute atomic E-state index is 11.2. The van der Waals surface area contributed by atoms with E-state index in [-0.39, 0.29) is 23.7 Å². The molecule has 6 heteroatoms. The first-order chi connectivity index (χ1) is 6.33. The number of halogens is 1. The Bertz CT molecular complexity index is 251. The zero-order valence-corrected chi connectivity index (χ0v) is 10.2. The number of aliphatic hydroxyl groups is 1. The fourth-order valence-electron chi connectivity index (χ4n) is 0.870. The third kappa shape index (κ3) is 6.59. The Labute approximate surface area is 90.7 Å². The summed E-state index contributed by atoms with van der Waals surface area (Å²) >= 11 is 5.34. The van der Waals surface area contributed by atoms with Gasteiger partial charge in [-0.2, -0.15) is 0 Å². The van der Waals surface area contributed by atoms with Crippen molar-refractivity contribution < 1.29 is 13.5 Å². The fraction of sp³-hybridized carbons (Fsp3) is 1.00. The van der Waals surface area contributed by atoms with E-state index in [1.54, 1.807) is 0 Å². The van der Waals surface area contributed by atoms with Crippen LogP contribution >= 0.6 is 11.6 Å². The Morgan fingerprint density at radius 3 is 2.43 bits per heavy atom. The summed E-state index contributed by atoms with van der Waals surface area (Å²) in [5, 5.41) is 8.74. The molecule has 0 unspecified atom stereocenters. The number of rotatable bonds is 7. The van der Waals surface area contributed by atoms with Crippen molar-refractivity contribution in [1.29, 1.82) is 0 Å². The second-order valence-corrected chi connectivity index (χ2v) is 6.27. The molecule has 0 radical (unpaired) electrons. The van der Waals surface area contributed by atoms with E-state index in [9.17, 15) is 8.42 Å². The van der Waals surface area contributed by atoms with Crippen molar-refractivity contribution in [2.45, 2.75) is 20.3 Å². The van der Waals surface area contributed by atoms with Gasteiger partial charge in [0.15, 0.2) is 0 Å². The number of aliphatic hydroxyl groups excluding tert-OH is 1. The van der Waals surface area contributed by atoms with Crippen LogP contribution in [0.15, 0.2) is 0 Å². The summed E-state index contributed by atoms with van der Waals surface area (Å²) in [5.41, 5.74) is -0.228. The van der Waals surface area contributed by atoms with Crippen LogP contribution < -0.4 is 4.72 Å². The van der Waals surface area contributed by atoms with Crippen molar-refractivity contribution in [2.75, 3.05) is 24.8 Å². The third-order valence-electron chi connectivity index (χ3n) is 1.91. The van der Waals surface area contributed by atoms with Crippen LogP contribution in [0.1, 0.15) is 20.3 Å². The maximum atomic E-state index is 11.2. The summed E-state index contributed by atoms with van der Waals surface area (Å²) in [6.45, 7) is 4.18. The summed E-state index contributed by atoms with van der Waals surface area (Å²) in [6.07, 6.45) is 0.566. The quantitative estimate of drug-likeness (QED) is 0.642. The number of alkyl halides is 1. The van der Waals surface area contributed by atoms with Crippen molar-refractivity contribution in [1.82, 2.24) is 4.72 Å². The van der Waals surface area contributed by atoms with Crippen molar-refractivity contribution in [2.24, 2.45) is 5.41 Å². The minimum Gasteiger partial charge on any atom is -0.396 e. The van der Waals surface area contributed by atoms with Crippen molar-refractivity contribution in [3.63, 3.8) is 0 Å². The van der Waals surface area contributed by atoms with Crippen LogP contribution in [0.4, 0.5) is 0 Å². The highest BCUT2D eigenvalue weighted by Crippen LogP contribution is 2.18. The number of nitrogens with one attached hydrogen (secondary N) is 1. The van der Waals surface area contributed by atoms with Gasteiger partial charge in [-0.25, -0.2) is 13.1 Å². The molecule has 0 saturated carbocycles. The highest BCUT2D eigenvalue weighted by Gasteiger charge is 2.20. The smallest absolute Gasteiger partial charge is 0.212 e. The van der Waals surface area contributed by atoms with E-state index in [0.717, 1.165) is 0 Å².